The zero-order chi connectivity index (χ0) is 13.7. The summed E-state index contributed by atoms with van der Waals surface area (Å²) in [5.41, 5.74) is 5.94. The van der Waals surface area contributed by atoms with Crippen molar-refractivity contribution in [2.75, 3.05) is 18.8 Å². The largest absolute Gasteiger partial charge is 0.342 e. The van der Waals surface area contributed by atoms with Crippen LogP contribution in [0.15, 0.2) is 29.4 Å². The summed E-state index contributed by atoms with van der Waals surface area (Å²) in [6, 6.07) is 4.03. The Balaban J connectivity index is 1.83. The van der Waals surface area contributed by atoms with E-state index >= 15 is 0 Å². The van der Waals surface area contributed by atoms with Gasteiger partial charge in [0, 0.05) is 36.4 Å². The quantitative estimate of drug-likeness (QED) is 0.853. The summed E-state index contributed by atoms with van der Waals surface area (Å²) in [4.78, 5) is 19.2. The average molecular weight is 279 g/mol. The maximum Gasteiger partial charge on any atom is 0.232 e. The fourth-order valence-electron chi connectivity index (χ4n) is 2.34. The number of nitrogens with zero attached hydrogens (tertiary/aromatic N) is 2. The Morgan fingerprint density at radius 1 is 1.58 bits per heavy atom. The number of carbonyl (C=O) groups excluding carboxylic acids is 1. The smallest absolute Gasteiger partial charge is 0.232 e. The summed E-state index contributed by atoms with van der Waals surface area (Å²) in [5, 5.41) is 0. The lowest BCUT2D eigenvalue weighted by Crippen LogP contribution is -2.45. The molecule has 1 aromatic rings. The van der Waals surface area contributed by atoms with Crippen LogP contribution in [0.2, 0.25) is 0 Å². The van der Waals surface area contributed by atoms with Crippen molar-refractivity contribution >= 4 is 17.7 Å². The van der Waals surface area contributed by atoms with Gasteiger partial charge < -0.3 is 10.6 Å². The number of thioether (sulfide) groups is 1. The molecule has 0 spiro atoms. The molecule has 2 heterocycles. The molecule has 2 N–H and O–H groups in total. The standard InChI is InChI=1S/C14H21N3OS/c1-11(15)12-3-2-8-17(9-12)14(18)10-19-13-4-6-16-7-5-13/h4-7,11-12H,2-3,8-10,15H2,1H3. The Morgan fingerprint density at radius 3 is 3.00 bits per heavy atom. The van der Waals surface area contributed by atoms with Crippen LogP contribution in [0.3, 0.4) is 0 Å². The van der Waals surface area contributed by atoms with E-state index in [-0.39, 0.29) is 11.9 Å². The summed E-state index contributed by atoms with van der Waals surface area (Å²) in [5.74, 6) is 1.16. The fourth-order valence-corrected chi connectivity index (χ4v) is 3.12. The van der Waals surface area contributed by atoms with E-state index in [0.29, 0.717) is 11.7 Å². The van der Waals surface area contributed by atoms with Gasteiger partial charge in [-0.3, -0.25) is 9.78 Å². The summed E-state index contributed by atoms with van der Waals surface area (Å²) >= 11 is 1.57. The lowest BCUT2D eigenvalue weighted by atomic mass is 9.92. The van der Waals surface area contributed by atoms with Crippen LogP contribution in [0.4, 0.5) is 0 Å². The van der Waals surface area contributed by atoms with Crippen molar-refractivity contribution in [3.8, 4) is 0 Å². The molecule has 1 aliphatic heterocycles. The first kappa shape index (κ1) is 14.3. The van der Waals surface area contributed by atoms with Gasteiger partial charge in [-0.25, -0.2) is 0 Å². The highest BCUT2D eigenvalue weighted by Gasteiger charge is 2.25. The molecular weight excluding hydrogens is 258 g/mol. The summed E-state index contributed by atoms with van der Waals surface area (Å²) < 4.78 is 0. The van der Waals surface area contributed by atoms with E-state index in [9.17, 15) is 4.79 Å². The van der Waals surface area contributed by atoms with Crippen LogP contribution in [0.1, 0.15) is 19.8 Å². The van der Waals surface area contributed by atoms with Gasteiger partial charge in [-0.1, -0.05) is 0 Å². The predicted octanol–water partition coefficient (Wildman–Crippen LogP) is 1.76. The first-order valence-electron chi connectivity index (χ1n) is 6.73. The number of hydrogen-bond acceptors (Lipinski definition) is 4. The van der Waals surface area contributed by atoms with Crippen LogP contribution in [-0.2, 0) is 4.79 Å². The van der Waals surface area contributed by atoms with E-state index < -0.39 is 0 Å². The van der Waals surface area contributed by atoms with E-state index in [2.05, 4.69) is 4.98 Å². The third-order valence-electron chi connectivity index (χ3n) is 3.57. The Hall–Kier alpha value is -1.07. The summed E-state index contributed by atoms with van der Waals surface area (Å²) in [7, 11) is 0. The van der Waals surface area contributed by atoms with Gasteiger partial charge in [-0.2, -0.15) is 0 Å². The number of piperidine rings is 1. The lowest BCUT2D eigenvalue weighted by Gasteiger charge is -2.34. The molecule has 2 rings (SSSR count). The summed E-state index contributed by atoms with van der Waals surface area (Å²) in [6.07, 6.45) is 5.70. The van der Waals surface area contributed by atoms with Crippen molar-refractivity contribution in [1.29, 1.82) is 0 Å². The number of carbonyl (C=O) groups is 1. The van der Waals surface area contributed by atoms with Gasteiger partial charge in [0.25, 0.3) is 0 Å². The minimum atomic E-state index is 0.170. The second-order valence-corrected chi connectivity index (χ2v) is 6.12. The van der Waals surface area contributed by atoms with Gasteiger partial charge >= 0.3 is 0 Å². The van der Waals surface area contributed by atoms with Crippen molar-refractivity contribution in [3.63, 3.8) is 0 Å². The van der Waals surface area contributed by atoms with Gasteiger partial charge in [-0.05, 0) is 37.8 Å². The lowest BCUT2D eigenvalue weighted by molar-refractivity contribution is -0.130. The second kappa shape index (κ2) is 6.91. The normalized spacial score (nSPS) is 21.2. The number of amides is 1. The van der Waals surface area contributed by atoms with Crippen LogP contribution < -0.4 is 5.73 Å². The minimum absolute atomic E-state index is 0.170. The molecule has 0 aliphatic carbocycles. The highest BCUT2D eigenvalue weighted by Crippen LogP contribution is 2.21. The van der Waals surface area contributed by atoms with Crippen LogP contribution in [0.25, 0.3) is 0 Å². The van der Waals surface area contributed by atoms with Crippen LogP contribution in [-0.4, -0.2) is 40.7 Å². The number of rotatable bonds is 4. The van der Waals surface area contributed by atoms with E-state index in [0.717, 1.165) is 30.8 Å². The Bertz CT molecular complexity index is 410. The molecule has 5 heteroatoms. The van der Waals surface area contributed by atoms with E-state index in [1.165, 1.54) is 0 Å². The molecule has 1 aliphatic rings. The van der Waals surface area contributed by atoms with Crippen molar-refractivity contribution in [1.82, 2.24) is 9.88 Å². The Labute approximate surface area is 118 Å². The predicted molar refractivity (Wildman–Crippen MR) is 77.9 cm³/mol. The van der Waals surface area contributed by atoms with Crippen molar-refractivity contribution in [2.24, 2.45) is 11.7 Å². The van der Waals surface area contributed by atoms with Crippen molar-refractivity contribution in [2.45, 2.75) is 30.7 Å². The highest BCUT2D eigenvalue weighted by molar-refractivity contribution is 8.00. The Kier molecular flexibility index (Phi) is 5.22. The zero-order valence-electron chi connectivity index (χ0n) is 11.3. The van der Waals surface area contributed by atoms with Crippen LogP contribution >= 0.6 is 11.8 Å². The molecular formula is C14H21N3OS. The molecule has 2 unspecified atom stereocenters. The number of aromatic nitrogens is 1. The van der Waals surface area contributed by atoms with Crippen LogP contribution in [0.5, 0.6) is 0 Å². The van der Waals surface area contributed by atoms with Crippen LogP contribution in [0, 0.1) is 5.92 Å². The first-order valence-corrected chi connectivity index (χ1v) is 7.71. The number of hydrogen-bond donors (Lipinski definition) is 1. The minimum Gasteiger partial charge on any atom is -0.342 e. The monoisotopic (exact) mass is 279 g/mol. The van der Waals surface area contributed by atoms with Gasteiger partial charge in [0.2, 0.25) is 5.91 Å². The molecule has 104 valence electrons. The van der Waals surface area contributed by atoms with Gasteiger partial charge in [-0.15, -0.1) is 11.8 Å². The molecule has 19 heavy (non-hydrogen) atoms. The molecule has 1 aromatic heterocycles. The molecule has 0 radical (unpaired) electrons. The van der Waals surface area contributed by atoms with Crippen molar-refractivity contribution < 1.29 is 4.79 Å². The molecule has 1 amide bonds. The van der Waals surface area contributed by atoms with Crippen molar-refractivity contribution in [3.05, 3.63) is 24.5 Å². The average Bonchev–Trinajstić information content (AvgIpc) is 2.46. The fraction of sp³-hybridized carbons (Fsp3) is 0.571. The third-order valence-corrected chi connectivity index (χ3v) is 4.56. The molecule has 0 aromatic carbocycles. The number of likely N-dealkylation sites (tertiary alicyclic amines) is 1. The molecule has 1 saturated heterocycles. The molecule has 0 saturated carbocycles. The van der Waals surface area contributed by atoms with E-state index in [1.54, 1.807) is 24.2 Å². The molecule has 4 nitrogen and oxygen atoms in total. The maximum atomic E-state index is 12.2. The zero-order valence-corrected chi connectivity index (χ0v) is 12.1. The first-order chi connectivity index (χ1) is 9.16. The third kappa shape index (κ3) is 4.21. The van der Waals surface area contributed by atoms with Gasteiger partial charge in [0.1, 0.15) is 0 Å². The number of nitrogens with two attached hydrogens (primary N) is 1. The molecule has 0 bridgehead atoms. The topological polar surface area (TPSA) is 59.2 Å². The van der Waals surface area contributed by atoms with Gasteiger partial charge in [0.05, 0.1) is 5.75 Å². The highest BCUT2D eigenvalue weighted by atomic mass is 32.2. The Morgan fingerprint density at radius 2 is 2.32 bits per heavy atom. The SMILES string of the molecule is CC(N)C1CCCN(C(=O)CSc2ccncc2)C1. The summed E-state index contributed by atoms with van der Waals surface area (Å²) in [6.45, 7) is 3.72. The van der Waals surface area contributed by atoms with E-state index in [4.69, 9.17) is 5.73 Å². The molecule has 2 atom stereocenters. The molecule has 1 fully saturated rings. The maximum absolute atomic E-state index is 12.2. The van der Waals surface area contributed by atoms with Gasteiger partial charge in [0.15, 0.2) is 0 Å². The number of pyridine rings is 1. The second-order valence-electron chi connectivity index (χ2n) is 5.07. The van der Waals surface area contributed by atoms with E-state index in [1.807, 2.05) is 24.0 Å².